The molecule has 1 saturated carbocycles. The molecule has 0 aromatic heterocycles. The lowest BCUT2D eigenvalue weighted by Gasteiger charge is -2.29. The fraction of sp³-hybridized carbons (Fsp3) is 0.905. The van der Waals surface area contributed by atoms with E-state index in [4.69, 9.17) is 14.2 Å². The number of unbranched alkanes of at least 4 members (excludes halogenated alkanes) is 6. The van der Waals surface area contributed by atoms with E-state index in [2.05, 4.69) is 18.6 Å². The van der Waals surface area contributed by atoms with Gasteiger partial charge in [-0.15, -0.1) is 0 Å². The van der Waals surface area contributed by atoms with Crippen molar-refractivity contribution in [3.63, 3.8) is 0 Å². The van der Waals surface area contributed by atoms with E-state index < -0.39 is 24.5 Å². The van der Waals surface area contributed by atoms with Gasteiger partial charge >= 0.3 is 12.3 Å². The molecule has 2 unspecified atom stereocenters. The van der Waals surface area contributed by atoms with Crippen molar-refractivity contribution in [2.75, 3.05) is 13.7 Å². The van der Waals surface area contributed by atoms with E-state index in [1.807, 2.05) is 0 Å². The highest BCUT2D eigenvalue weighted by Crippen LogP contribution is 2.24. The van der Waals surface area contributed by atoms with E-state index in [1.165, 1.54) is 45.6 Å². The zero-order valence-electron chi connectivity index (χ0n) is 17.4. The topological polar surface area (TPSA) is 71.1 Å². The third kappa shape index (κ3) is 11.8. The number of carbonyl (C=O) groups is 2. The van der Waals surface area contributed by atoms with Gasteiger partial charge in [0.15, 0.2) is 0 Å². The summed E-state index contributed by atoms with van der Waals surface area (Å²) in [4.78, 5) is 23.1. The zero-order valence-corrected chi connectivity index (χ0v) is 17.4. The molecule has 0 aromatic rings. The SMILES string of the molecule is COC(=O)OC1CCCCC1OC(=O)OCCCCCCCCCC(C)C. The standard InChI is InChI=1S/C21H38O6/c1-17(2)13-9-7-5-4-6-8-12-16-25-21(23)27-19-15-11-10-14-18(19)26-20(22)24-3/h17-19H,4-16H2,1-3H3. The summed E-state index contributed by atoms with van der Waals surface area (Å²) in [5.41, 5.74) is 0. The molecule has 0 heterocycles. The minimum atomic E-state index is -0.743. The number of hydrogen-bond acceptors (Lipinski definition) is 6. The summed E-state index contributed by atoms with van der Waals surface area (Å²) in [6.45, 7) is 4.92. The molecule has 6 heteroatoms. The van der Waals surface area contributed by atoms with Gasteiger partial charge in [-0.2, -0.15) is 0 Å². The summed E-state index contributed by atoms with van der Waals surface area (Å²) in [6.07, 6.45) is 10.5. The van der Waals surface area contributed by atoms with Gasteiger partial charge in [-0.05, 0) is 38.0 Å². The molecule has 0 aromatic carbocycles. The Morgan fingerprint density at radius 2 is 1.33 bits per heavy atom. The van der Waals surface area contributed by atoms with Gasteiger partial charge in [0.25, 0.3) is 0 Å². The van der Waals surface area contributed by atoms with Gasteiger partial charge in [0.2, 0.25) is 0 Å². The summed E-state index contributed by atoms with van der Waals surface area (Å²) in [6, 6.07) is 0. The summed E-state index contributed by atoms with van der Waals surface area (Å²) < 4.78 is 20.2. The molecule has 1 rings (SSSR count). The first-order valence-electron chi connectivity index (χ1n) is 10.6. The first kappa shape index (κ1) is 23.6. The minimum absolute atomic E-state index is 0.376. The third-order valence-electron chi connectivity index (χ3n) is 4.95. The van der Waals surface area contributed by atoms with E-state index in [9.17, 15) is 9.59 Å². The summed E-state index contributed by atoms with van der Waals surface area (Å²) in [5.74, 6) is 0.804. The van der Waals surface area contributed by atoms with Gasteiger partial charge in [-0.3, -0.25) is 0 Å². The first-order valence-corrected chi connectivity index (χ1v) is 10.6. The second kappa shape index (κ2) is 14.6. The number of hydrogen-bond donors (Lipinski definition) is 0. The molecule has 6 nitrogen and oxygen atoms in total. The Hall–Kier alpha value is -1.46. The van der Waals surface area contributed by atoms with Crippen molar-refractivity contribution >= 4 is 12.3 Å². The van der Waals surface area contributed by atoms with Crippen LogP contribution in [0.4, 0.5) is 9.59 Å². The highest BCUT2D eigenvalue weighted by molar-refractivity contribution is 5.61. The highest BCUT2D eigenvalue weighted by Gasteiger charge is 2.32. The number of carbonyl (C=O) groups excluding carboxylic acids is 2. The molecular weight excluding hydrogens is 348 g/mol. The Morgan fingerprint density at radius 1 is 0.815 bits per heavy atom. The largest absolute Gasteiger partial charge is 0.508 e. The van der Waals surface area contributed by atoms with Gasteiger partial charge in [-0.1, -0.05) is 58.8 Å². The fourth-order valence-electron chi connectivity index (χ4n) is 3.36. The summed E-state index contributed by atoms with van der Waals surface area (Å²) in [5, 5.41) is 0. The first-order chi connectivity index (χ1) is 13.0. The molecule has 0 aliphatic heterocycles. The summed E-state index contributed by atoms with van der Waals surface area (Å²) >= 11 is 0. The maximum atomic E-state index is 11.9. The van der Waals surface area contributed by atoms with Crippen molar-refractivity contribution in [1.29, 1.82) is 0 Å². The van der Waals surface area contributed by atoms with Crippen LogP contribution in [0.25, 0.3) is 0 Å². The van der Waals surface area contributed by atoms with Gasteiger partial charge in [0.05, 0.1) is 13.7 Å². The predicted octanol–water partition coefficient (Wildman–Crippen LogP) is 6.01. The Bertz CT molecular complexity index is 409. The van der Waals surface area contributed by atoms with Gasteiger partial charge in [-0.25, -0.2) is 9.59 Å². The molecule has 2 atom stereocenters. The Morgan fingerprint density at radius 3 is 1.89 bits per heavy atom. The van der Waals surface area contributed by atoms with E-state index in [1.54, 1.807) is 0 Å². The molecule has 158 valence electrons. The van der Waals surface area contributed by atoms with Crippen molar-refractivity contribution in [2.45, 2.75) is 103 Å². The quantitative estimate of drug-likeness (QED) is 0.302. The predicted molar refractivity (Wildman–Crippen MR) is 104 cm³/mol. The van der Waals surface area contributed by atoms with Crippen LogP contribution in [0.15, 0.2) is 0 Å². The molecule has 0 radical (unpaired) electrons. The number of methoxy groups -OCH3 is 1. The average Bonchev–Trinajstić information content (AvgIpc) is 2.64. The lowest BCUT2D eigenvalue weighted by molar-refractivity contribution is -0.0681. The number of rotatable bonds is 12. The van der Waals surface area contributed by atoms with Crippen molar-refractivity contribution in [3.8, 4) is 0 Å². The minimum Gasteiger partial charge on any atom is -0.438 e. The van der Waals surface area contributed by atoms with Crippen LogP contribution in [0.1, 0.15) is 90.9 Å². The van der Waals surface area contributed by atoms with E-state index >= 15 is 0 Å². The zero-order chi connectivity index (χ0) is 19.9. The maximum Gasteiger partial charge on any atom is 0.508 e. The average molecular weight is 387 g/mol. The van der Waals surface area contributed by atoms with Crippen LogP contribution in [0.3, 0.4) is 0 Å². The van der Waals surface area contributed by atoms with Crippen molar-refractivity contribution in [2.24, 2.45) is 5.92 Å². The summed E-state index contributed by atoms with van der Waals surface area (Å²) in [7, 11) is 1.26. The van der Waals surface area contributed by atoms with Crippen molar-refractivity contribution in [1.82, 2.24) is 0 Å². The van der Waals surface area contributed by atoms with Crippen LogP contribution < -0.4 is 0 Å². The maximum absolute atomic E-state index is 11.9. The second-order valence-electron chi connectivity index (χ2n) is 7.81. The van der Waals surface area contributed by atoms with Crippen molar-refractivity contribution in [3.05, 3.63) is 0 Å². The van der Waals surface area contributed by atoms with Crippen LogP contribution in [0.5, 0.6) is 0 Å². The highest BCUT2D eigenvalue weighted by atomic mass is 16.8. The Labute approximate surface area is 164 Å². The molecular formula is C21H38O6. The van der Waals surface area contributed by atoms with Crippen LogP contribution in [-0.2, 0) is 18.9 Å². The fourth-order valence-corrected chi connectivity index (χ4v) is 3.36. The smallest absolute Gasteiger partial charge is 0.438 e. The molecule has 1 aliphatic rings. The normalized spacial score (nSPS) is 19.6. The van der Waals surface area contributed by atoms with Crippen LogP contribution in [0.2, 0.25) is 0 Å². The van der Waals surface area contributed by atoms with Crippen LogP contribution in [0, 0.1) is 5.92 Å². The van der Waals surface area contributed by atoms with E-state index in [-0.39, 0.29) is 0 Å². The lowest BCUT2D eigenvalue weighted by Crippen LogP contribution is -2.38. The van der Waals surface area contributed by atoms with Gasteiger partial charge in [0.1, 0.15) is 12.2 Å². The lowest BCUT2D eigenvalue weighted by atomic mass is 9.95. The third-order valence-corrected chi connectivity index (χ3v) is 4.95. The van der Waals surface area contributed by atoms with E-state index in [0.29, 0.717) is 19.4 Å². The molecule has 27 heavy (non-hydrogen) atoms. The van der Waals surface area contributed by atoms with E-state index in [0.717, 1.165) is 31.6 Å². The molecule has 0 spiro atoms. The molecule has 0 bridgehead atoms. The number of ether oxygens (including phenoxy) is 4. The monoisotopic (exact) mass is 386 g/mol. The Kier molecular flexibility index (Phi) is 12.7. The van der Waals surface area contributed by atoms with Crippen molar-refractivity contribution < 1.29 is 28.5 Å². The van der Waals surface area contributed by atoms with Crippen LogP contribution in [-0.4, -0.2) is 38.2 Å². The van der Waals surface area contributed by atoms with Gasteiger partial charge in [0, 0.05) is 0 Å². The van der Waals surface area contributed by atoms with Gasteiger partial charge < -0.3 is 18.9 Å². The molecule has 0 N–H and O–H groups in total. The Balaban J connectivity index is 2.05. The second-order valence-corrected chi connectivity index (χ2v) is 7.81. The molecule has 0 amide bonds. The molecule has 0 saturated heterocycles. The molecule has 1 aliphatic carbocycles. The van der Waals surface area contributed by atoms with Crippen LogP contribution >= 0.6 is 0 Å². The molecule has 1 fully saturated rings.